The Morgan fingerprint density at radius 1 is 1.03 bits per heavy atom. The molecule has 0 unspecified atom stereocenters. The lowest BCUT2D eigenvalue weighted by Gasteiger charge is -2.10. The first kappa shape index (κ1) is 20.8. The number of nitrogens with zero attached hydrogens (tertiary/aromatic N) is 4. The number of para-hydroxylation sites is 2. The summed E-state index contributed by atoms with van der Waals surface area (Å²) in [6, 6.07) is 21.2. The summed E-state index contributed by atoms with van der Waals surface area (Å²) in [5.41, 5.74) is 5.52. The van der Waals surface area contributed by atoms with Gasteiger partial charge in [-0.25, -0.2) is 4.68 Å². The predicted molar refractivity (Wildman–Crippen MR) is 125 cm³/mol. The number of aryl methyl sites for hydroxylation is 2. The maximum Gasteiger partial charge on any atom is 0.266 e. The Morgan fingerprint density at radius 3 is 2.44 bits per heavy atom. The molecular weight excluding hydrogens is 398 g/mol. The zero-order valence-corrected chi connectivity index (χ0v) is 17.8. The minimum absolute atomic E-state index is 0.00888. The van der Waals surface area contributed by atoms with Crippen molar-refractivity contribution in [1.29, 1.82) is 5.26 Å². The van der Waals surface area contributed by atoms with Crippen molar-refractivity contribution >= 4 is 17.7 Å². The van der Waals surface area contributed by atoms with Gasteiger partial charge in [-0.3, -0.25) is 9.78 Å². The maximum absolute atomic E-state index is 12.9. The van der Waals surface area contributed by atoms with Crippen LogP contribution in [0.2, 0.25) is 0 Å². The highest BCUT2D eigenvalue weighted by molar-refractivity contribution is 6.10. The highest BCUT2D eigenvalue weighted by Gasteiger charge is 2.16. The summed E-state index contributed by atoms with van der Waals surface area (Å²) < 4.78 is 1.73. The predicted octanol–water partition coefficient (Wildman–Crippen LogP) is 5.10. The lowest BCUT2D eigenvalue weighted by atomic mass is 10.1. The van der Waals surface area contributed by atoms with Crippen LogP contribution in [0.4, 0.5) is 5.69 Å². The van der Waals surface area contributed by atoms with Crippen LogP contribution in [0.15, 0.2) is 84.8 Å². The quantitative estimate of drug-likeness (QED) is 0.360. The molecule has 0 radical (unpaired) electrons. The van der Waals surface area contributed by atoms with Crippen LogP contribution in [0, 0.1) is 25.2 Å². The van der Waals surface area contributed by atoms with Gasteiger partial charge >= 0.3 is 0 Å². The van der Waals surface area contributed by atoms with E-state index in [2.05, 4.69) is 10.3 Å². The maximum atomic E-state index is 12.9. The van der Waals surface area contributed by atoms with E-state index in [-0.39, 0.29) is 5.57 Å². The van der Waals surface area contributed by atoms with E-state index in [0.29, 0.717) is 16.9 Å². The van der Waals surface area contributed by atoms with Crippen LogP contribution < -0.4 is 5.32 Å². The van der Waals surface area contributed by atoms with E-state index >= 15 is 0 Å². The van der Waals surface area contributed by atoms with Gasteiger partial charge in [0.15, 0.2) is 0 Å². The molecule has 2 aromatic carbocycles. The average molecular weight is 419 g/mol. The third kappa shape index (κ3) is 4.32. The Balaban J connectivity index is 1.76. The van der Waals surface area contributed by atoms with E-state index in [1.54, 1.807) is 29.3 Å². The second-order valence-corrected chi connectivity index (χ2v) is 7.35. The number of hydrogen-bond donors (Lipinski definition) is 1. The van der Waals surface area contributed by atoms with Gasteiger partial charge < -0.3 is 5.32 Å². The Morgan fingerprint density at radius 2 is 1.78 bits per heavy atom. The van der Waals surface area contributed by atoms with Gasteiger partial charge in [-0.15, -0.1) is 0 Å². The van der Waals surface area contributed by atoms with Crippen molar-refractivity contribution in [3.05, 3.63) is 102 Å². The molecule has 0 fully saturated rings. The molecule has 4 aromatic rings. The first-order valence-corrected chi connectivity index (χ1v) is 10.1. The van der Waals surface area contributed by atoms with E-state index in [0.717, 1.165) is 22.4 Å². The Kier molecular flexibility index (Phi) is 5.91. The molecule has 0 spiro atoms. The third-order valence-electron chi connectivity index (χ3n) is 5.08. The lowest BCUT2D eigenvalue weighted by molar-refractivity contribution is -0.112. The second-order valence-electron chi connectivity index (χ2n) is 7.35. The molecule has 0 atom stereocenters. The molecule has 2 aromatic heterocycles. The largest absolute Gasteiger partial charge is 0.321 e. The number of pyridine rings is 1. The normalized spacial score (nSPS) is 11.1. The van der Waals surface area contributed by atoms with Gasteiger partial charge in [0.25, 0.3) is 5.91 Å². The average Bonchev–Trinajstić information content (AvgIpc) is 3.25. The smallest absolute Gasteiger partial charge is 0.266 e. The van der Waals surface area contributed by atoms with E-state index in [9.17, 15) is 10.1 Å². The van der Waals surface area contributed by atoms with Crippen LogP contribution in [-0.2, 0) is 4.79 Å². The van der Waals surface area contributed by atoms with Crippen LogP contribution >= 0.6 is 0 Å². The number of amides is 1. The number of aromatic nitrogens is 3. The molecule has 0 aliphatic rings. The molecule has 0 saturated carbocycles. The van der Waals surface area contributed by atoms with Crippen LogP contribution in [0.3, 0.4) is 0 Å². The molecule has 1 amide bonds. The molecular formula is C26H21N5O. The fourth-order valence-corrected chi connectivity index (χ4v) is 3.43. The van der Waals surface area contributed by atoms with Gasteiger partial charge in [0.05, 0.1) is 5.69 Å². The van der Waals surface area contributed by atoms with Gasteiger partial charge in [0, 0.05) is 35.4 Å². The van der Waals surface area contributed by atoms with Gasteiger partial charge in [0.1, 0.15) is 17.3 Å². The molecule has 4 rings (SSSR count). The summed E-state index contributed by atoms with van der Waals surface area (Å²) in [5.74, 6) is -0.463. The van der Waals surface area contributed by atoms with Crippen molar-refractivity contribution in [2.24, 2.45) is 0 Å². The number of carbonyl (C=O) groups excluding carboxylic acids is 1. The first-order valence-electron chi connectivity index (χ1n) is 10.1. The number of hydrogen-bond acceptors (Lipinski definition) is 4. The number of nitriles is 1. The Hall–Kier alpha value is -4.50. The number of nitrogens with one attached hydrogen (secondary N) is 1. The first-order chi connectivity index (χ1) is 15.6. The zero-order chi connectivity index (χ0) is 22.5. The molecule has 0 saturated heterocycles. The minimum Gasteiger partial charge on any atom is -0.321 e. The Labute approximate surface area is 186 Å². The summed E-state index contributed by atoms with van der Waals surface area (Å²) in [7, 11) is 0. The number of benzene rings is 2. The monoisotopic (exact) mass is 419 g/mol. The molecule has 1 N–H and O–H groups in total. The van der Waals surface area contributed by atoms with Crippen molar-refractivity contribution < 1.29 is 4.79 Å². The van der Waals surface area contributed by atoms with Crippen LogP contribution in [0.1, 0.15) is 16.7 Å². The molecule has 2 heterocycles. The number of anilines is 1. The molecule has 0 aliphatic carbocycles. The zero-order valence-electron chi connectivity index (χ0n) is 17.8. The van der Waals surface area contributed by atoms with Crippen molar-refractivity contribution in [3.63, 3.8) is 0 Å². The van der Waals surface area contributed by atoms with Gasteiger partial charge in [-0.05, 0) is 55.3 Å². The Bertz CT molecular complexity index is 1310. The fourth-order valence-electron chi connectivity index (χ4n) is 3.43. The van der Waals surface area contributed by atoms with E-state index in [1.807, 2.05) is 80.6 Å². The van der Waals surface area contributed by atoms with E-state index in [1.165, 1.54) is 0 Å². The molecule has 32 heavy (non-hydrogen) atoms. The summed E-state index contributed by atoms with van der Waals surface area (Å²) in [6.45, 7) is 3.84. The molecule has 6 nitrogen and oxygen atoms in total. The van der Waals surface area contributed by atoms with Gasteiger partial charge in [-0.2, -0.15) is 10.4 Å². The van der Waals surface area contributed by atoms with Gasteiger partial charge in [-0.1, -0.05) is 36.4 Å². The fraction of sp³-hybridized carbons (Fsp3) is 0.0769. The standard InChI is InChI=1S/C26H21N5O/c1-18-8-6-9-19(2)24(18)29-26(32)21(15-27)14-22-17-31(23-11-4-3-5-12-23)30-25(22)20-10-7-13-28-16-20/h3-14,16-17H,1-2H3,(H,29,32)/b21-14+. The molecule has 6 heteroatoms. The summed E-state index contributed by atoms with van der Waals surface area (Å²) >= 11 is 0. The number of carbonyl (C=O) groups is 1. The van der Waals surface area contributed by atoms with Gasteiger partial charge in [0.2, 0.25) is 0 Å². The summed E-state index contributed by atoms with van der Waals surface area (Å²) in [5, 5.41) is 17.3. The van der Waals surface area contributed by atoms with Crippen LogP contribution in [-0.4, -0.2) is 20.7 Å². The van der Waals surface area contributed by atoms with Crippen molar-refractivity contribution in [1.82, 2.24) is 14.8 Å². The summed E-state index contributed by atoms with van der Waals surface area (Å²) in [6.07, 6.45) is 6.77. The third-order valence-corrected chi connectivity index (χ3v) is 5.08. The van der Waals surface area contributed by atoms with E-state index < -0.39 is 5.91 Å². The molecule has 0 bridgehead atoms. The lowest BCUT2D eigenvalue weighted by Crippen LogP contribution is -2.15. The van der Waals surface area contributed by atoms with E-state index in [4.69, 9.17) is 5.10 Å². The molecule has 156 valence electrons. The SMILES string of the molecule is Cc1cccc(C)c1NC(=O)/C(C#N)=C/c1cn(-c2ccccc2)nc1-c1cccnc1. The van der Waals surface area contributed by atoms with Crippen molar-refractivity contribution in [2.75, 3.05) is 5.32 Å². The van der Waals surface area contributed by atoms with Crippen LogP contribution in [0.5, 0.6) is 0 Å². The molecule has 0 aliphatic heterocycles. The number of rotatable bonds is 5. The topological polar surface area (TPSA) is 83.6 Å². The summed E-state index contributed by atoms with van der Waals surface area (Å²) in [4.78, 5) is 17.1. The van der Waals surface area contributed by atoms with Crippen molar-refractivity contribution in [2.45, 2.75) is 13.8 Å². The minimum atomic E-state index is -0.463. The highest BCUT2D eigenvalue weighted by Crippen LogP contribution is 2.26. The van der Waals surface area contributed by atoms with Crippen LogP contribution in [0.25, 0.3) is 23.0 Å². The highest BCUT2D eigenvalue weighted by atomic mass is 16.1. The second kappa shape index (κ2) is 9.11. The van der Waals surface area contributed by atoms with Crippen molar-refractivity contribution in [3.8, 4) is 23.0 Å².